The molecule has 3 heterocycles. The quantitative estimate of drug-likeness (QED) is 0.199. The molecule has 0 radical (unpaired) electrons. The van der Waals surface area contributed by atoms with Gasteiger partial charge in [0.1, 0.15) is 5.69 Å². The van der Waals surface area contributed by atoms with E-state index in [-0.39, 0.29) is 33.9 Å². The van der Waals surface area contributed by atoms with Crippen LogP contribution in [0.5, 0.6) is 0 Å². The fourth-order valence-electron chi connectivity index (χ4n) is 5.25. The van der Waals surface area contributed by atoms with Crippen LogP contribution in [0.1, 0.15) is 42.1 Å². The van der Waals surface area contributed by atoms with E-state index in [0.717, 1.165) is 25.2 Å². The molecule has 13 heteroatoms. The van der Waals surface area contributed by atoms with Gasteiger partial charge < -0.3 is 20.9 Å². The summed E-state index contributed by atoms with van der Waals surface area (Å²) >= 11 is 12.2. The lowest BCUT2D eigenvalue weighted by atomic mass is 9.97. The monoisotopic (exact) mass is 658 g/mol. The van der Waals surface area contributed by atoms with Gasteiger partial charge in [0.2, 0.25) is 0 Å². The fraction of sp³-hybridized carbons (Fsp3) is 0.273. The van der Waals surface area contributed by atoms with Gasteiger partial charge in [-0.2, -0.15) is 10.4 Å². The third-order valence-corrected chi connectivity index (χ3v) is 8.17. The summed E-state index contributed by atoms with van der Waals surface area (Å²) < 4.78 is 1.24. The van der Waals surface area contributed by atoms with Crippen LogP contribution in [0, 0.1) is 11.3 Å². The van der Waals surface area contributed by atoms with Crippen LogP contribution in [0.4, 0.5) is 16.2 Å². The molecule has 0 unspecified atom stereocenters. The van der Waals surface area contributed by atoms with Crippen molar-refractivity contribution in [3.8, 4) is 28.5 Å². The number of carbonyl (C=O) groups is 2. The first-order valence-corrected chi connectivity index (χ1v) is 15.7. The molecule has 11 nitrogen and oxygen atoms in total. The lowest BCUT2D eigenvalue weighted by molar-refractivity contribution is 0.0946. The number of amides is 3. The Kier molecular flexibility index (Phi) is 10.6. The number of nitriles is 1. The summed E-state index contributed by atoms with van der Waals surface area (Å²) in [7, 11) is 0. The molecule has 1 fully saturated rings. The molecule has 2 aromatic heterocycles. The van der Waals surface area contributed by atoms with Crippen molar-refractivity contribution < 1.29 is 9.59 Å². The Labute approximate surface area is 276 Å². The van der Waals surface area contributed by atoms with Gasteiger partial charge in [-0.25, -0.2) is 9.48 Å². The van der Waals surface area contributed by atoms with Crippen LogP contribution in [0.15, 0.2) is 65.7 Å². The van der Waals surface area contributed by atoms with E-state index in [4.69, 9.17) is 23.2 Å². The van der Waals surface area contributed by atoms with E-state index in [2.05, 4.69) is 37.0 Å². The molecule has 3 N–H and O–H groups in total. The van der Waals surface area contributed by atoms with E-state index in [0.29, 0.717) is 34.5 Å². The summed E-state index contributed by atoms with van der Waals surface area (Å²) in [6.45, 7) is 5.42. The maximum absolute atomic E-state index is 13.1. The first-order chi connectivity index (χ1) is 22.2. The maximum Gasteiger partial charge on any atom is 0.323 e. The number of rotatable bonds is 9. The molecular formula is C33H32Cl2N8O3. The normalized spacial score (nSPS) is 13.1. The summed E-state index contributed by atoms with van der Waals surface area (Å²) in [5.74, 6) is -0.244. The number of anilines is 2. The molecule has 2 aromatic carbocycles. The molecule has 1 saturated heterocycles. The highest BCUT2D eigenvalue weighted by molar-refractivity contribution is 6.39. The fourth-order valence-corrected chi connectivity index (χ4v) is 5.70. The molecule has 1 aliphatic heterocycles. The predicted molar refractivity (Wildman–Crippen MR) is 179 cm³/mol. The molecule has 236 valence electrons. The van der Waals surface area contributed by atoms with Crippen LogP contribution >= 0.6 is 23.2 Å². The van der Waals surface area contributed by atoms with Crippen molar-refractivity contribution in [1.82, 2.24) is 25.0 Å². The second-order valence-corrected chi connectivity index (χ2v) is 11.6. The maximum atomic E-state index is 13.1. The number of hydrogen-bond acceptors (Lipinski definition) is 7. The molecule has 46 heavy (non-hydrogen) atoms. The third-order valence-electron chi connectivity index (χ3n) is 7.59. The van der Waals surface area contributed by atoms with E-state index in [9.17, 15) is 19.6 Å². The Bertz CT molecular complexity index is 1840. The zero-order valence-electron chi connectivity index (χ0n) is 25.1. The van der Waals surface area contributed by atoms with Crippen molar-refractivity contribution in [1.29, 1.82) is 5.26 Å². The molecule has 5 rings (SSSR count). The minimum absolute atomic E-state index is 0.00829. The van der Waals surface area contributed by atoms with Gasteiger partial charge in [-0.1, -0.05) is 47.8 Å². The smallest absolute Gasteiger partial charge is 0.323 e. The van der Waals surface area contributed by atoms with Crippen LogP contribution < -0.4 is 21.5 Å². The molecule has 0 spiro atoms. The minimum atomic E-state index is -0.726. The second kappa shape index (κ2) is 15.0. The number of pyridine rings is 1. The lowest BCUT2D eigenvalue weighted by Gasteiger charge is -2.26. The van der Waals surface area contributed by atoms with E-state index in [1.54, 1.807) is 25.1 Å². The van der Waals surface area contributed by atoms with Crippen LogP contribution in [0.2, 0.25) is 10.0 Å². The molecule has 1 aliphatic rings. The summed E-state index contributed by atoms with van der Waals surface area (Å²) in [5, 5.41) is 22.6. The van der Waals surface area contributed by atoms with Gasteiger partial charge in [-0.15, -0.1) is 0 Å². The number of nitrogens with zero attached hydrogens (tertiary/aromatic N) is 5. The van der Waals surface area contributed by atoms with E-state index >= 15 is 0 Å². The Morgan fingerprint density at radius 3 is 2.41 bits per heavy atom. The molecule has 4 aromatic rings. The van der Waals surface area contributed by atoms with Crippen molar-refractivity contribution >= 4 is 46.5 Å². The number of urea groups is 1. The van der Waals surface area contributed by atoms with E-state index in [1.165, 1.54) is 42.4 Å². The molecule has 0 saturated carbocycles. The SMILES string of the molecule is CCn1nc(-c2cccc(-c3cc(C#N)cc(C(=O)NCCN4CCCCC4)c3)c2)cc(NC(=O)Nc2c(Cl)cncc2Cl)c1=O. The number of piperidine rings is 1. The second-order valence-electron chi connectivity index (χ2n) is 10.8. The van der Waals surface area contributed by atoms with Gasteiger partial charge in [0, 0.05) is 43.2 Å². The average molecular weight is 660 g/mol. The van der Waals surface area contributed by atoms with E-state index < -0.39 is 11.6 Å². The molecule has 0 bridgehead atoms. The Hall–Kier alpha value is -4.76. The Morgan fingerprint density at radius 1 is 0.957 bits per heavy atom. The number of halogens is 2. The van der Waals surface area contributed by atoms with E-state index in [1.807, 2.05) is 24.3 Å². The van der Waals surface area contributed by atoms with Crippen molar-refractivity contribution in [2.75, 3.05) is 36.8 Å². The topological polar surface area (TPSA) is 145 Å². The summed E-state index contributed by atoms with van der Waals surface area (Å²) in [5.41, 5.74) is 2.88. The van der Waals surface area contributed by atoms with Crippen LogP contribution in [-0.2, 0) is 6.54 Å². The number of carbonyl (C=O) groups excluding carboxylic acids is 2. The molecular weight excluding hydrogens is 627 g/mol. The van der Waals surface area contributed by atoms with Gasteiger partial charge in [0.05, 0.1) is 33.1 Å². The van der Waals surface area contributed by atoms with Crippen LogP contribution in [0.25, 0.3) is 22.4 Å². The zero-order valence-corrected chi connectivity index (χ0v) is 26.7. The van der Waals surface area contributed by atoms with Crippen molar-refractivity contribution in [2.24, 2.45) is 0 Å². The number of aryl methyl sites for hydroxylation is 1. The highest BCUT2D eigenvalue weighted by Crippen LogP contribution is 2.30. The number of benzene rings is 2. The number of likely N-dealkylation sites (tertiary alicyclic amines) is 1. The highest BCUT2D eigenvalue weighted by Gasteiger charge is 2.17. The number of hydrogen-bond donors (Lipinski definition) is 3. The van der Waals surface area contributed by atoms with Crippen LogP contribution in [-0.4, -0.2) is 57.8 Å². The summed E-state index contributed by atoms with van der Waals surface area (Å²) in [6, 6.07) is 15.3. The predicted octanol–water partition coefficient (Wildman–Crippen LogP) is 6.03. The van der Waals surface area contributed by atoms with Crippen LogP contribution in [0.3, 0.4) is 0 Å². The Balaban J connectivity index is 1.39. The van der Waals surface area contributed by atoms with Crippen molar-refractivity contribution in [3.05, 3.63) is 92.5 Å². The van der Waals surface area contributed by atoms with Gasteiger partial charge >= 0.3 is 6.03 Å². The van der Waals surface area contributed by atoms with Gasteiger partial charge in [0.25, 0.3) is 11.5 Å². The van der Waals surface area contributed by atoms with Gasteiger partial charge in [-0.05, 0) is 74.3 Å². The average Bonchev–Trinajstić information content (AvgIpc) is 3.07. The summed E-state index contributed by atoms with van der Waals surface area (Å²) in [4.78, 5) is 45.2. The molecule has 0 atom stereocenters. The van der Waals surface area contributed by atoms with Gasteiger partial charge in [0.15, 0.2) is 0 Å². The highest BCUT2D eigenvalue weighted by atomic mass is 35.5. The largest absolute Gasteiger partial charge is 0.351 e. The standard InChI is InChI=1S/C33H32Cl2N8O3/c1-2-43-32(45)29(39-33(46)40-30-26(34)19-37-20-27(30)35)17-28(41-43)23-8-6-7-22(15-23)24-13-21(18-36)14-25(16-24)31(44)38-9-12-42-10-4-3-5-11-42/h6-8,13-17,19-20H,2-5,9-12H2,1H3,(H,38,44)(H2,37,39,40,46). The van der Waals surface area contributed by atoms with Crippen molar-refractivity contribution in [3.63, 3.8) is 0 Å². The first-order valence-electron chi connectivity index (χ1n) is 14.9. The number of nitrogens with one attached hydrogen (secondary N) is 3. The summed E-state index contributed by atoms with van der Waals surface area (Å²) in [6.07, 6.45) is 6.28. The third kappa shape index (κ3) is 7.90. The molecule has 3 amide bonds. The van der Waals surface area contributed by atoms with Crippen molar-refractivity contribution in [2.45, 2.75) is 32.7 Å². The number of aromatic nitrogens is 3. The zero-order chi connectivity index (χ0) is 32.6. The van der Waals surface area contributed by atoms with Gasteiger partial charge in [-0.3, -0.25) is 14.6 Å². The lowest BCUT2D eigenvalue weighted by Crippen LogP contribution is -2.37. The Morgan fingerprint density at radius 2 is 1.70 bits per heavy atom. The first kappa shape index (κ1) is 32.6. The molecule has 0 aliphatic carbocycles. The minimum Gasteiger partial charge on any atom is -0.351 e.